The summed E-state index contributed by atoms with van der Waals surface area (Å²) in [5.41, 5.74) is 2.93. The van der Waals surface area contributed by atoms with E-state index in [1.807, 2.05) is 31.2 Å². The van der Waals surface area contributed by atoms with Crippen LogP contribution in [-0.4, -0.2) is 24.0 Å². The lowest BCUT2D eigenvalue weighted by atomic mass is 9.98. The first kappa shape index (κ1) is 13.1. The normalized spacial score (nSPS) is 18.9. The van der Waals surface area contributed by atoms with Crippen LogP contribution >= 0.6 is 0 Å². The molecule has 1 amide bonds. The van der Waals surface area contributed by atoms with Crippen molar-refractivity contribution in [2.45, 2.75) is 19.8 Å². The van der Waals surface area contributed by atoms with Crippen LogP contribution in [0.25, 0.3) is 10.9 Å². The van der Waals surface area contributed by atoms with Crippen molar-refractivity contribution in [1.29, 1.82) is 0 Å². The first-order chi connectivity index (χ1) is 9.75. The van der Waals surface area contributed by atoms with Gasteiger partial charge >= 0.3 is 0 Å². The SMILES string of the molecule is Cc1ccc(NC(=O)[C@H]2CCCNC2)c2cccnc12. The minimum Gasteiger partial charge on any atom is -0.325 e. The smallest absolute Gasteiger partial charge is 0.228 e. The van der Waals surface area contributed by atoms with Gasteiger partial charge in [0.1, 0.15) is 0 Å². The molecule has 1 fully saturated rings. The molecule has 2 heterocycles. The predicted molar refractivity (Wildman–Crippen MR) is 80.7 cm³/mol. The molecule has 4 nitrogen and oxygen atoms in total. The Kier molecular flexibility index (Phi) is 3.65. The van der Waals surface area contributed by atoms with E-state index in [1.54, 1.807) is 6.20 Å². The van der Waals surface area contributed by atoms with Crippen molar-refractivity contribution in [3.05, 3.63) is 36.0 Å². The molecular formula is C16H19N3O. The van der Waals surface area contributed by atoms with Gasteiger partial charge in [-0.3, -0.25) is 9.78 Å². The number of carbonyl (C=O) groups excluding carboxylic acids is 1. The summed E-state index contributed by atoms with van der Waals surface area (Å²) in [4.78, 5) is 16.7. The average molecular weight is 269 g/mol. The van der Waals surface area contributed by atoms with Crippen LogP contribution in [0, 0.1) is 12.8 Å². The number of anilines is 1. The molecule has 2 N–H and O–H groups in total. The number of benzene rings is 1. The van der Waals surface area contributed by atoms with Gasteiger partial charge in [0.05, 0.1) is 17.1 Å². The summed E-state index contributed by atoms with van der Waals surface area (Å²) in [6, 6.07) is 7.88. The first-order valence-electron chi connectivity index (χ1n) is 7.11. The lowest BCUT2D eigenvalue weighted by molar-refractivity contribution is -0.120. The van der Waals surface area contributed by atoms with Crippen molar-refractivity contribution >= 4 is 22.5 Å². The van der Waals surface area contributed by atoms with Crippen LogP contribution in [0.15, 0.2) is 30.5 Å². The Morgan fingerprint density at radius 2 is 2.30 bits per heavy atom. The minimum atomic E-state index is 0.0665. The van der Waals surface area contributed by atoms with Gasteiger partial charge in [-0.2, -0.15) is 0 Å². The van der Waals surface area contributed by atoms with Gasteiger partial charge in [0, 0.05) is 18.1 Å². The molecule has 20 heavy (non-hydrogen) atoms. The third-order valence-electron chi connectivity index (χ3n) is 3.90. The van der Waals surface area contributed by atoms with Crippen molar-refractivity contribution in [2.24, 2.45) is 5.92 Å². The Hall–Kier alpha value is -1.94. The maximum atomic E-state index is 12.3. The van der Waals surface area contributed by atoms with Crippen LogP contribution in [0.3, 0.4) is 0 Å². The van der Waals surface area contributed by atoms with Crippen LogP contribution < -0.4 is 10.6 Å². The van der Waals surface area contributed by atoms with Gasteiger partial charge in [-0.05, 0) is 50.1 Å². The number of rotatable bonds is 2. The Labute approximate surface area is 118 Å². The highest BCUT2D eigenvalue weighted by Crippen LogP contribution is 2.25. The fraction of sp³-hybridized carbons (Fsp3) is 0.375. The van der Waals surface area contributed by atoms with Crippen LogP contribution in [-0.2, 0) is 4.79 Å². The fourth-order valence-electron chi connectivity index (χ4n) is 2.73. The second kappa shape index (κ2) is 5.59. The van der Waals surface area contributed by atoms with E-state index in [1.165, 1.54) is 0 Å². The van der Waals surface area contributed by atoms with Gasteiger partial charge in [0.2, 0.25) is 5.91 Å². The summed E-state index contributed by atoms with van der Waals surface area (Å²) in [6.45, 7) is 3.82. The molecule has 1 aromatic carbocycles. The van der Waals surface area contributed by atoms with E-state index < -0.39 is 0 Å². The van der Waals surface area contributed by atoms with E-state index in [4.69, 9.17) is 0 Å². The number of pyridine rings is 1. The molecule has 2 aromatic rings. The number of aryl methyl sites for hydroxylation is 1. The van der Waals surface area contributed by atoms with Crippen molar-refractivity contribution in [2.75, 3.05) is 18.4 Å². The van der Waals surface area contributed by atoms with Gasteiger partial charge in [-0.25, -0.2) is 0 Å². The third kappa shape index (κ3) is 2.51. The van der Waals surface area contributed by atoms with E-state index in [9.17, 15) is 4.79 Å². The fourth-order valence-corrected chi connectivity index (χ4v) is 2.73. The van der Waals surface area contributed by atoms with Crippen LogP contribution in [0.5, 0.6) is 0 Å². The molecule has 1 aliphatic rings. The summed E-state index contributed by atoms with van der Waals surface area (Å²) in [5, 5.41) is 7.34. The van der Waals surface area contributed by atoms with Crippen molar-refractivity contribution in [3.63, 3.8) is 0 Å². The predicted octanol–water partition coefficient (Wildman–Crippen LogP) is 2.48. The number of nitrogens with zero attached hydrogens (tertiary/aromatic N) is 1. The summed E-state index contributed by atoms with van der Waals surface area (Å²) in [7, 11) is 0. The second-order valence-corrected chi connectivity index (χ2v) is 5.36. The summed E-state index contributed by atoms with van der Waals surface area (Å²) in [6.07, 6.45) is 3.81. The summed E-state index contributed by atoms with van der Waals surface area (Å²) >= 11 is 0. The first-order valence-corrected chi connectivity index (χ1v) is 7.11. The van der Waals surface area contributed by atoms with Gasteiger partial charge in [0.15, 0.2) is 0 Å². The zero-order valence-electron chi connectivity index (χ0n) is 11.6. The highest BCUT2D eigenvalue weighted by atomic mass is 16.1. The van der Waals surface area contributed by atoms with E-state index in [2.05, 4.69) is 15.6 Å². The van der Waals surface area contributed by atoms with Crippen molar-refractivity contribution in [1.82, 2.24) is 10.3 Å². The Bertz CT molecular complexity index is 633. The Morgan fingerprint density at radius 1 is 1.40 bits per heavy atom. The molecule has 4 heteroatoms. The number of aromatic nitrogens is 1. The molecule has 0 saturated carbocycles. The van der Waals surface area contributed by atoms with Crippen LogP contribution in [0.2, 0.25) is 0 Å². The zero-order chi connectivity index (χ0) is 13.9. The largest absolute Gasteiger partial charge is 0.325 e. The molecule has 3 rings (SSSR count). The number of piperidine rings is 1. The lowest BCUT2D eigenvalue weighted by Gasteiger charge is -2.22. The van der Waals surface area contributed by atoms with E-state index in [0.717, 1.165) is 48.1 Å². The lowest BCUT2D eigenvalue weighted by Crippen LogP contribution is -2.37. The highest BCUT2D eigenvalue weighted by molar-refractivity contribution is 6.02. The third-order valence-corrected chi connectivity index (χ3v) is 3.90. The molecule has 104 valence electrons. The van der Waals surface area contributed by atoms with E-state index in [-0.39, 0.29) is 11.8 Å². The Morgan fingerprint density at radius 3 is 3.10 bits per heavy atom. The second-order valence-electron chi connectivity index (χ2n) is 5.36. The van der Waals surface area contributed by atoms with Crippen molar-refractivity contribution < 1.29 is 4.79 Å². The number of carbonyl (C=O) groups is 1. The van der Waals surface area contributed by atoms with Crippen LogP contribution in [0.1, 0.15) is 18.4 Å². The summed E-state index contributed by atoms with van der Waals surface area (Å²) in [5.74, 6) is 0.169. The van der Waals surface area contributed by atoms with Crippen molar-refractivity contribution in [3.8, 4) is 0 Å². The molecule has 1 atom stereocenters. The monoisotopic (exact) mass is 269 g/mol. The Balaban J connectivity index is 1.87. The molecule has 0 unspecified atom stereocenters. The zero-order valence-corrected chi connectivity index (χ0v) is 11.6. The molecule has 1 saturated heterocycles. The molecular weight excluding hydrogens is 250 g/mol. The number of hydrogen-bond donors (Lipinski definition) is 2. The summed E-state index contributed by atoms with van der Waals surface area (Å²) < 4.78 is 0. The number of nitrogens with one attached hydrogen (secondary N) is 2. The number of fused-ring (bicyclic) bond motifs is 1. The number of hydrogen-bond acceptors (Lipinski definition) is 3. The standard InChI is InChI=1S/C16H19N3O/c1-11-6-7-14(13-5-3-9-18-15(11)13)19-16(20)12-4-2-8-17-10-12/h3,5-7,9,12,17H,2,4,8,10H2,1H3,(H,19,20)/t12-/m0/s1. The maximum absolute atomic E-state index is 12.3. The average Bonchev–Trinajstić information content (AvgIpc) is 2.51. The molecule has 0 aliphatic carbocycles. The van der Waals surface area contributed by atoms with E-state index >= 15 is 0 Å². The van der Waals surface area contributed by atoms with E-state index in [0.29, 0.717) is 0 Å². The quantitative estimate of drug-likeness (QED) is 0.880. The molecule has 1 aliphatic heterocycles. The molecule has 0 bridgehead atoms. The minimum absolute atomic E-state index is 0.0665. The van der Waals surface area contributed by atoms with Crippen LogP contribution in [0.4, 0.5) is 5.69 Å². The van der Waals surface area contributed by atoms with Gasteiger partial charge < -0.3 is 10.6 Å². The molecule has 0 spiro atoms. The topological polar surface area (TPSA) is 54.0 Å². The van der Waals surface area contributed by atoms with Gasteiger partial charge in [0.25, 0.3) is 0 Å². The number of amides is 1. The van der Waals surface area contributed by atoms with Gasteiger partial charge in [-0.15, -0.1) is 0 Å². The molecule has 0 radical (unpaired) electrons. The van der Waals surface area contributed by atoms with Gasteiger partial charge in [-0.1, -0.05) is 6.07 Å². The molecule has 1 aromatic heterocycles. The maximum Gasteiger partial charge on any atom is 0.228 e. The highest BCUT2D eigenvalue weighted by Gasteiger charge is 2.21.